The molecule has 1 N–H and O–H groups in total. The Morgan fingerprint density at radius 2 is 2.16 bits per heavy atom. The maximum absolute atomic E-state index is 11.4. The van der Waals surface area contributed by atoms with Crippen molar-refractivity contribution in [3.63, 3.8) is 0 Å². The molecule has 104 valence electrons. The van der Waals surface area contributed by atoms with Crippen molar-refractivity contribution in [3.8, 4) is 0 Å². The van der Waals surface area contributed by atoms with E-state index in [1.165, 1.54) is 0 Å². The first kappa shape index (κ1) is 13.8. The van der Waals surface area contributed by atoms with E-state index in [4.69, 9.17) is 0 Å². The number of pyridine rings is 1. The number of hydrogen-bond acceptors (Lipinski definition) is 4. The second kappa shape index (κ2) is 6.52. The molecule has 5 heteroatoms. The Morgan fingerprint density at radius 3 is 2.89 bits per heavy atom. The molecule has 1 aromatic heterocycles. The van der Waals surface area contributed by atoms with Gasteiger partial charge in [-0.15, -0.1) is 0 Å². The number of amides is 1. The molecule has 0 aliphatic carbocycles. The van der Waals surface area contributed by atoms with E-state index in [0.29, 0.717) is 0 Å². The molecule has 2 rings (SSSR count). The lowest BCUT2D eigenvalue weighted by Crippen LogP contribution is -2.33. The fraction of sp³-hybridized carbons (Fsp3) is 0.571. The molecular formula is C14H22N4O. The molecule has 0 unspecified atom stereocenters. The molecule has 1 aliphatic heterocycles. The molecular weight excluding hydrogens is 240 g/mol. The van der Waals surface area contributed by atoms with Crippen LogP contribution >= 0.6 is 0 Å². The zero-order valence-corrected chi connectivity index (χ0v) is 11.7. The molecule has 0 atom stereocenters. The van der Waals surface area contributed by atoms with Gasteiger partial charge in [0, 0.05) is 46.7 Å². The highest BCUT2D eigenvalue weighted by Crippen LogP contribution is 2.10. The van der Waals surface area contributed by atoms with E-state index in [0.717, 1.165) is 50.7 Å². The van der Waals surface area contributed by atoms with Gasteiger partial charge in [0.2, 0.25) is 5.91 Å². The van der Waals surface area contributed by atoms with E-state index in [1.807, 2.05) is 24.1 Å². The van der Waals surface area contributed by atoms with Crippen LogP contribution in [0.15, 0.2) is 18.2 Å². The van der Waals surface area contributed by atoms with Crippen LogP contribution in [0.4, 0.5) is 5.82 Å². The summed E-state index contributed by atoms with van der Waals surface area (Å²) in [5.41, 5.74) is 1.07. The van der Waals surface area contributed by atoms with Gasteiger partial charge in [0.15, 0.2) is 0 Å². The number of nitrogens with one attached hydrogen (secondary N) is 1. The number of nitrogens with zero attached hydrogens (tertiary/aromatic N) is 3. The lowest BCUT2D eigenvalue weighted by molar-refractivity contribution is -0.128. The van der Waals surface area contributed by atoms with Crippen molar-refractivity contribution in [1.82, 2.24) is 14.8 Å². The smallest absolute Gasteiger partial charge is 0.219 e. The maximum atomic E-state index is 11.4. The van der Waals surface area contributed by atoms with Crippen molar-refractivity contribution in [2.24, 2.45) is 0 Å². The minimum atomic E-state index is 0.178. The average Bonchev–Trinajstić information content (AvgIpc) is 2.65. The summed E-state index contributed by atoms with van der Waals surface area (Å²) in [4.78, 5) is 20.2. The Kier molecular flexibility index (Phi) is 4.74. The monoisotopic (exact) mass is 262 g/mol. The second-order valence-electron chi connectivity index (χ2n) is 4.90. The number of rotatable bonds is 3. The summed E-state index contributed by atoms with van der Waals surface area (Å²) < 4.78 is 0. The first-order valence-electron chi connectivity index (χ1n) is 6.80. The van der Waals surface area contributed by atoms with Crippen molar-refractivity contribution in [2.75, 3.05) is 38.5 Å². The topological polar surface area (TPSA) is 48.5 Å². The summed E-state index contributed by atoms with van der Waals surface area (Å²) in [6.45, 7) is 6.13. The van der Waals surface area contributed by atoms with E-state index >= 15 is 0 Å². The van der Waals surface area contributed by atoms with Crippen LogP contribution in [0.1, 0.15) is 19.0 Å². The van der Waals surface area contributed by atoms with Gasteiger partial charge in [0.25, 0.3) is 0 Å². The lowest BCUT2D eigenvalue weighted by atomic mass is 10.3. The molecule has 1 saturated heterocycles. The molecule has 0 saturated carbocycles. The van der Waals surface area contributed by atoms with E-state index in [2.05, 4.69) is 21.3 Å². The van der Waals surface area contributed by atoms with Crippen molar-refractivity contribution in [1.29, 1.82) is 0 Å². The molecule has 1 aliphatic rings. The van der Waals surface area contributed by atoms with Gasteiger partial charge in [-0.05, 0) is 18.6 Å². The minimum Gasteiger partial charge on any atom is -0.373 e. The summed E-state index contributed by atoms with van der Waals surface area (Å²) in [5, 5.41) is 3.06. The third-order valence-corrected chi connectivity index (χ3v) is 3.48. The summed E-state index contributed by atoms with van der Waals surface area (Å²) >= 11 is 0. The third kappa shape index (κ3) is 3.92. The van der Waals surface area contributed by atoms with Gasteiger partial charge < -0.3 is 10.2 Å². The lowest BCUT2D eigenvalue weighted by Gasteiger charge is -2.20. The Morgan fingerprint density at radius 1 is 1.32 bits per heavy atom. The highest BCUT2D eigenvalue weighted by molar-refractivity contribution is 5.73. The van der Waals surface area contributed by atoms with Gasteiger partial charge in [-0.2, -0.15) is 0 Å². The normalized spacial score (nSPS) is 17.1. The van der Waals surface area contributed by atoms with Crippen LogP contribution in [0.3, 0.4) is 0 Å². The van der Waals surface area contributed by atoms with Crippen LogP contribution < -0.4 is 5.32 Å². The van der Waals surface area contributed by atoms with Gasteiger partial charge in [0.05, 0.1) is 5.69 Å². The van der Waals surface area contributed by atoms with E-state index in [9.17, 15) is 4.79 Å². The third-order valence-electron chi connectivity index (χ3n) is 3.48. The molecule has 0 aromatic carbocycles. The van der Waals surface area contributed by atoms with Crippen molar-refractivity contribution < 1.29 is 4.79 Å². The molecule has 1 aromatic rings. The van der Waals surface area contributed by atoms with Gasteiger partial charge in [0.1, 0.15) is 5.82 Å². The maximum Gasteiger partial charge on any atom is 0.219 e. The Labute approximate surface area is 114 Å². The minimum absolute atomic E-state index is 0.178. The van der Waals surface area contributed by atoms with E-state index in [1.54, 1.807) is 6.92 Å². The van der Waals surface area contributed by atoms with Crippen molar-refractivity contribution >= 4 is 11.7 Å². The predicted octanol–water partition coefficient (Wildman–Crippen LogP) is 1.18. The first-order valence-corrected chi connectivity index (χ1v) is 6.80. The fourth-order valence-electron chi connectivity index (χ4n) is 2.38. The van der Waals surface area contributed by atoms with Gasteiger partial charge in [-0.3, -0.25) is 9.69 Å². The van der Waals surface area contributed by atoms with Crippen LogP contribution in [0.5, 0.6) is 0 Å². The number of carbonyl (C=O) groups excluding carboxylic acids is 1. The van der Waals surface area contributed by atoms with E-state index in [-0.39, 0.29) is 5.91 Å². The standard InChI is InChI=1S/C14H22N4O/c1-12(19)18-8-4-7-17(9-10-18)11-13-5-3-6-14(15-2)16-13/h3,5-6H,4,7-11H2,1-2H3,(H,15,16). The van der Waals surface area contributed by atoms with Crippen molar-refractivity contribution in [3.05, 3.63) is 23.9 Å². The molecule has 0 bridgehead atoms. The Hall–Kier alpha value is -1.62. The molecule has 0 radical (unpaired) electrons. The molecule has 1 fully saturated rings. The van der Waals surface area contributed by atoms with Crippen LogP contribution in [0.2, 0.25) is 0 Å². The molecule has 2 heterocycles. The summed E-state index contributed by atoms with van der Waals surface area (Å²) in [6, 6.07) is 6.03. The van der Waals surface area contributed by atoms with Gasteiger partial charge in [-0.1, -0.05) is 6.07 Å². The van der Waals surface area contributed by atoms with Crippen LogP contribution in [-0.4, -0.2) is 53.9 Å². The fourth-order valence-corrected chi connectivity index (χ4v) is 2.38. The van der Waals surface area contributed by atoms with Gasteiger partial charge >= 0.3 is 0 Å². The Balaban J connectivity index is 1.93. The highest BCUT2D eigenvalue weighted by atomic mass is 16.2. The Bertz CT molecular complexity index is 435. The average molecular weight is 262 g/mol. The summed E-state index contributed by atoms with van der Waals surface area (Å²) in [7, 11) is 1.88. The number of anilines is 1. The van der Waals surface area contributed by atoms with Crippen LogP contribution in [-0.2, 0) is 11.3 Å². The van der Waals surface area contributed by atoms with Crippen LogP contribution in [0.25, 0.3) is 0 Å². The number of carbonyl (C=O) groups is 1. The van der Waals surface area contributed by atoms with E-state index < -0.39 is 0 Å². The molecule has 1 amide bonds. The number of aromatic nitrogens is 1. The summed E-state index contributed by atoms with van der Waals surface area (Å²) in [6.07, 6.45) is 1.03. The molecule has 19 heavy (non-hydrogen) atoms. The molecule has 5 nitrogen and oxygen atoms in total. The quantitative estimate of drug-likeness (QED) is 0.888. The zero-order valence-electron chi connectivity index (χ0n) is 11.7. The van der Waals surface area contributed by atoms with Crippen LogP contribution in [0, 0.1) is 0 Å². The highest BCUT2D eigenvalue weighted by Gasteiger charge is 2.16. The molecule has 0 spiro atoms. The summed E-state index contributed by atoms with van der Waals surface area (Å²) in [5.74, 6) is 1.08. The second-order valence-corrected chi connectivity index (χ2v) is 4.90. The largest absolute Gasteiger partial charge is 0.373 e. The SMILES string of the molecule is CNc1cccc(CN2CCCN(C(C)=O)CC2)n1. The zero-order chi connectivity index (χ0) is 13.7. The number of hydrogen-bond donors (Lipinski definition) is 1. The predicted molar refractivity (Wildman–Crippen MR) is 75.9 cm³/mol. The van der Waals surface area contributed by atoms with Gasteiger partial charge in [-0.25, -0.2) is 4.98 Å². The van der Waals surface area contributed by atoms with Crippen molar-refractivity contribution in [2.45, 2.75) is 19.9 Å². The first-order chi connectivity index (χ1) is 9.19.